The van der Waals surface area contributed by atoms with Crippen LogP contribution in [0.25, 0.3) is 22.2 Å². The molecule has 1 atom stereocenters. The average Bonchev–Trinajstić information content (AvgIpc) is 3.23. The predicted octanol–water partition coefficient (Wildman–Crippen LogP) is 6.30. The number of hydrogen-bond acceptors (Lipinski definition) is 5. The van der Waals surface area contributed by atoms with Crippen LogP contribution in [0.3, 0.4) is 0 Å². The van der Waals surface area contributed by atoms with Crippen LogP contribution in [-0.2, 0) is 0 Å². The molecule has 0 saturated heterocycles. The Morgan fingerprint density at radius 1 is 1.09 bits per heavy atom. The number of nitrogens with zero attached hydrogens (tertiary/aromatic N) is 2. The van der Waals surface area contributed by atoms with Crippen molar-refractivity contribution in [3.63, 3.8) is 0 Å². The maximum Gasteiger partial charge on any atom is 0.157 e. The van der Waals surface area contributed by atoms with Gasteiger partial charge in [-0.3, -0.25) is 10.1 Å². The van der Waals surface area contributed by atoms with Crippen LogP contribution >= 0.6 is 0 Å². The van der Waals surface area contributed by atoms with Crippen molar-refractivity contribution in [2.75, 3.05) is 11.9 Å². The van der Waals surface area contributed by atoms with Crippen molar-refractivity contribution >= 4 is 22.4 Å². The number of ether oxygens (including phenoxy) is 1. The van der Waals surface area contributed by atoms with E-state index in [2.05, 4.69) is 34.6 Å². The highest BCUT2D eigenvalue weighted by molar-refractivity contribution is 6.01. The third-order valence-electron chi connectivity index (χ3n) is 5.65. The molecule has 5 rings (SSSR count). The fourth-order valence-electron chi connectivity index (χ4n) is 4.03. The fraction of sp³-hybridized carbons (Fsp3) is 0.192. The van der Waals surface area contributed by atoms with Gasteiger partial charge in [0, 0.05) is 23.7 Å². The first-order valence-electron chi connectivity index (χ1n) is 10.9. The largest absolute Gasteiger partial charge is 0.457 e. The third kappa shape index (κ3) is 3.99. The lowest BCUT2D eigenvalue weighted by molar-refractivity contribution is 0.483. The monoisotopic (exact) mass is 423 g/mol. The number of hydrogen-bond donors (Lipinski definition) is 3. The molecule has 2 heterocycles. The van der Waals surface area contributed by atoms with Gasteiger partial charge in [-0.15, -0.1) is 0 Å². The molecule has 1 unspecified atom stereocenters. The maximum atomic E-state index is 7.86. The lowest BCUT2D eigenvalue weighted by atomic mass is 9.91. The molecular weight excluding hydrogens is 398 g/mol. The van der Waals surface area contributed by atoms with Gasteiger partial charge in [0.15, 0.2) is 5.82 Å². The number of pyridine rings is 1. The van der Waals surface area contributed by atoms with Crippen molar-refractivity contribution in [2.24, 2.45) is 0 Å². The number of benzene rings is 2. The van der Waals surface area contributed by atoms with Crippen LogP contribution in [0.4, 0.5) is 5.82 Å². The Bertz CT molecular complexity index is 1280. The summed E-state index contributed by atoms with van der Waals surface area (Å²) in [6.07, 6.45) is 5.65. The molecular formula is C26H25N5O. The van der Waals surface area contributed by atoms with E-state index in [-0.39, 0.29) is 5.92 Å². The summed E-state index contributed by atoms with van der Waals surface area (Å²) in [6.45, 7) is 2.83. The summed E-state index contributed by atoms with van der Waals surface area (Å²) in [5.41, 5.74) is 4.52. The molecule has 32 heavy (non-hydrogen) atoms. The molecule has 4 aromatic rings. The van der Waals surface area contributed by atoms with Crippen molar-refractivity contribution < 1.29 is 4.74 Å². The first kappa shape index (κ1) is 20.0. The number of fused-ring (bicyclic) bond motifs is 1. The maximum absolute atomic E-state index is 7.86. The summed E-state index contributed by atoms with van der Waals surface area (Å²) >= 11 is 0. The highest BCUT2D eigenvalue weighted by Gasteiger charge is 2.20. The summed E-state index contributed by atoms with van der Waals surface area (Å²) in [5.74, 6) is 2.59. The second kappa shape index (κ2) is 8.67. The molecule has 0 amide bonds. The lowest BCUT2D eigenvalue weighted by Crippen LogP contribution is -2.08. The van der Waals surface area contributed by atoms with Crippen LogP contribution in [0.2, 0.25) is 0 Å². The number of para-hydroxylation sites is 1. The van der Waals surface area contributed by atoms with Crippen LogP contribution < -0.4 is 10.1 Å². The van der Waals surface area contributed by atoms with Crippen molar-refractivity contribution in [1.82, 2.24) is 15.2 Å². The third-order valence-corrected chi connectivity index (χ3v) is 5.65. The van der Waals surface area contributed by atoms with E-state index in [0.29, 0.717) is 5.71 Å². The first-order chi connectivity index (χ1) is 15.7. The van der Waals surface area contributed by atoms with Crippen LogP contribution in [0.5, 0.6) is 11.5 Å². The van der Waals surface area contributed by atoms with E-state index < -0.39 is 0 Å². The van der Waals surface area contributed by atoms with E-state index in [0.717, 1.165) is 64.6 Å². The van der Waals surface area contributed by atoms with Crippen molar-refractivity contribution in [2.45, 2.75) is 25.7 Å². The Labute approximate surface area is 186 Å². The Kier molecular flexibility index (Phi) is 5.42. The van der Waals surface area contributed by atoms with Crippen molar-refractivity contribution in [1.29, 1.82) is 5.41 Å². The minimum Gasteiger partial charge on any atom is -0.457 e. The molecule has 6 heteroatoms. The fourth-order valence-corrected chi connectivity index (χ4v) is 4.03. The molecule has 6 nitrogen and oxygen atoms in total. The van der Waals surface area contributed by atoms with Gasteiger partial charge >= 0.3 is 0 Å². The number of aromatic nitrogens is 3. The van der Waals surface area contributed by atoms with E-state index in [1.807, 2.05) is 60.7 Å². The van der Waals surface area contributed by atoms with Crippen LogP contribution in [0, 0.1) is 5.41 Å². The van der Waals surface area contributed by atoms with Gasteiger partial charge in [-0.25, -0.2) is 0 Å². The van der Waals surface area contributed by atoms with Crippen molar-refractivity contribution in [3.05, 3.63) is 78.5 Å². The zero-order chi connectivity index (χ0) is 21.9. The van der Waals surface area contributed by atoms with Crippen LogP contribution in [0.15, 0.2) is 72.8 Å². The molecule has 160 valence electrons. The molecule has 2 aromatic carbocycles. The van der Waals surface area contributed by atoms with Gasteiger partial charge < -0.3 is 15.5 Å². The summed E-state index contributed by atoms with van der Waals surface area (Å²) in [5, 5.41) is 19.8. The van der Waals surface area contributed by atoms with E-state index in [4.69, 9.17) is 15.1 Å². The highest BCUT2D eigenvalue weighted by atomic mass is 16.5. The zero-order valence-corrected chi connectivity index (χ0v) is 17.9. The Balaban J connectivity index is 1.55. The van der Waals surface area contributed by atoms with Crippen molar-refractivity contribution in [3.8, 4) is 22.8 Å². The Morgan fingerprint density at radius 2 is 1.88 bits per heavy atom. The Hall–Kier alpha value is -3.93. The topological polar surface area (TPSA) is 86.7 Å². The van der Waals surface area contributed by atoms with Gasteiger partial charge in [0.25, 0.3) is 0 Å². The van der Waals surface area contributed by atoms with E-state index in [9.17, 15) is 0 Å². The van der Waals surface area contributed by atoms with Crippen LogP contribution in [0.1, 0.15) is 31.4 Å². The van der Waals surface area contributed by atoms with E-state index >= 15 is 0 Å². The molecule has 2 aromatic heterocycles. The molecule has 0 spiro atoms. The molecule has 0 fully saturated rings. The highest BCUT2D eigenvalue weighted by Crippen LogP contribution is 2.36. The molecule has 0 aliphatic heterocycles. The SMILES string of the molecule is CCNc1n[nH]c2cc(C3C=CC(=N)CC3)nc(-c3ccc(Oc4ccccc4)cc3)c12. The van der Waals surface area contributed by atoms with Gasteiger partial charge in [0.1, 0.15) is 11.5 Å². The lowest BCUT2D eigenvalue weighted by Gasteiger charge is -2.18. The second-order valence-electron chi connectivity index (χ2n) is 7.89. The number of anilines is 1. The number of allylic oxidation sites excluding steroid dienone is 2. The van der Waals surface area contributed by atoms with Gasteiger partial charge in [-0.1, -0.05) is 24.3 Å². The predicted molar refractivity (Wildman–Crippen MR) is 129 cm³/mol. The Morgan fingerprint density at radius 3 is 2.59 bits per heavy atom. The molecule has 0 saturated carbocycles. The smallest absolute Gasteiger partial charge is 0.157 e. The molecule has 3 N–H and O–H groups in total. The summed E-state index contributed by atoms with van der Waals surface area (Å²) in [4.78, 5) is 5.09. The summed E-state index contributed by atoms with van der Waals surface area (Å²) in [6, 6.07) is 19.9. The zero-order valence-electron chi connectivity index (χ0n) is 17.9. The average molecular weight is 424 g/mol. The second-order valence-corrected chi connectivity index (χ2v) is 7.89. The minimum atomic E-state index is 0.193. The molecule has 1 aliphatic carbocycles. The number of aromatic amines is 1. The number of rotatable bonds is 6. The molecule has 0 bridgehead atoms. The number of H-pyrrole nitrogens is 1. The standard InChI is InChI=1S/C26H25N5O/c1-2-28-26-24-23(30-31-26)16-22(17-8-12-19(27)13-9-17)29-25(24)18-10-14-21(15-11-18)32-20-6-4-3-5-7-20/h3-8,10-12,14-17,27H,2,9,13H2,1H3,(H2,28,30,31). The minimum absolute atomic E-state index is 0.193. The first-order valence-corrected chi connectivity index (χ1v) is 10.9. The molecule has 0 radical (unpaired) electrons. The van der Waals surface area contributed by atoms with Gasteiger partial charge in [0.05, 0.1) is 22.3 Å². The van der Waals surface area contributed by atoms with Gasteiger partial charge in [0.2, 0.25) is 0 Å². The number of nitrogens with one attached hydrogen (secondary N) is 3. The van der Waals surface area contributed by atoms with Gasteiger partial charge in [-0.2, -0.15) is 5.10 Å². The summed E-state index contributed by atoms with van der Waals surface area (Å²) < 4.78 is 5.95. The summed E-state index contributed by atoms with van der Waals surface area (Å²) in [7, 11) is 0. The van der Waals surface area contributed by atoms with E-state index in [1.165, 1.54) is 0 Å². The van der Waals surface area contributed by atoms with Gasteiger partial charge in [-0.05, 0) is 68.3 Å². The quantitative estimate of drug-likeness (QED) is 0.339. The van der Waals surface area contributed by atoms with Crippen LogP contribution in [-0.4, -0.2) is 27.4 Å². The molecule has 1 aliphatic rings. The van der Waals surface area contributed by atoms with E-state index in [1.54, 1.807) is 0 Å². The normalized spacial score (nSPS) is 15.8.